The molecule has 2 saturated carbocycles. The predicted molar refractivity (Wildman–Crippen MR) is 52.0 cm³/mol. The number of rotatable bonds is 4. The van der Waals surface area contributed by atoms with Crippen molar-refractivity contribution in [1.82, 2.24) is 4.90 Å². The standard InChI is InChI=1S/C11H17NO2/c13-11(14)9-5-6-12(9)10(7-1-2-7)8-3-4-8/h7-10H,1-6H2,(H,13,14). The van der Waals surface area contributed by atoms with Gasteiger partial charge in [-0.1, -0.05) is 0 Å². The lowest BCUT2D eigenvalue weighted by atomic mass is 9.94. The molecule has 78 valence electrons. The number of nitrogens with zero attached hydrogens (tertiary/aromatic N) is 1. The molecule has 0 aromatic carbocycles. The highest BCUT2D eigenvalue weighted by Crippen LogP contribution is 2.49. The fraction of sp³-hybridized carbons (Fsp3) is 0.909. The molecule has 1 saturated heterocycles. The number of carboxylic acids is 1. The molecule has 0 spiro atoms. The van der Waals surface area contributed by atoms with Crippen LogP contribution < -0.4 is 0 Å². The Morgan fingerprint density at radius 1 is 1.14 bits per heavy atom. The van der Waals surface area contributed by atoms with Crippen LogP contribution in [0, 0.1) is 11.8 Å². The molecule has 3 fully saturated rings. The third-order valence-corrected chi connectivity index (χ3v) is 3.94. The van der Waals surface area contributed by atoms with E-state index >= 15 is 0 Å². The molecule has 0 amide bonds. The molecule has 0 radical (unpaired) electrons. The molecule has 3 heteroatoms. The number of carbonyl (C=O) groups is 1. The summed E-state index contributed by atoms with van der Waals surface area (Å²) in [5.74, 6) is 1.07. The van der Waals surface area contributed by atoms with Crippen LogP contribution in [-0.4, -0.2) is 34.6 Å². The highest BCUT2D eigenvalue weighted by atomic mass is 16.4. The molecule has 0 bridgehead atoms. The smallest absolute Gasteiger partial charge is 0.320 e. The summed E-state index contributed by atoms with van der Waals surface area (Å²) >= 11 is 0. The van der Waals surface area contributed by atoms with E-state index < -0.39 is 5.97 Å². The Kier molecular flexibility index (Phi) is 1.84. The largest absolute Gasteiger partial charge is 0.480 e. The van der Waals surface area contributed by atoms with Gasteiger partial charge in [0.15, 0.2) is 0 Å². The van der Waals surface area contributed by atoms with Gasteiger partial charge in [-0.2, -0.15) is 0 Å². The van der Waals surface area contributed by atoms with Gasteiger partial charge in [0.25, 0.3) is 0 Å². The first kappa shape index (κ1) is 8.72. The molecular weight excluding hydrogens is 178 g/mol. The maximum atomic E-state index is 10.9. The second-order valence-corrected chi connectivity index (χ2v) is 5.05. The lowest BCUT2D eigenvalue weighted by molar-refractivity contribution is -0.151. The zero-order chi connectivity index (χ0) is 9.71. The maximum absolute atomic E-state index is 10.9. The summed E-state index contributed by atoms with van der Waals surface area (Å²) in [6.45, 7) is 1.02. The first-order valence-corrected chi connectivity index (χ1v) is 5.76. The third kappa shape index (κ3) is 1.34. The summed E-state index contributed by atoms with van der Waals surface area (Å²) in [7, 11) is 0. The van der Waals surface area contributed by atoms with Crippen molar-refractivity contribution in [2.24, 2.45) is 11.8 Å². The van der Waals surface area contributed by atoms with Crippen molar-refractivity contribution in [2.75, 3.05) is 6.54 Å². The molecule has 0 aromatic heterocycles. The van der Waals surface area contributed by atoms with E-state index in [0.717, 1.165) is 24.8 Å². The Balaban J connectivity index is 1.69. The highest BCUT2D eigenvalue weighted by Gasteiger charge is 2.50. The SMILES string of the molecule is O=C(O)C1CCN1C(C1CC1)C1CC1. The topological polar surface area (TPSA) is 40.5 Å². The number of carboxylic acid groups (broad SMARTS) is 1. The Hall–Kier alpha value is -0.570. The van der Waals surface area contributed by atoms with Crippen LogP contribution in [0.25, 0.3) is 0 Å². The predicted octanol–water partition coefficient (Wildman–Crippen LogP) is 1.33. The normalized spacial score (nSPS) is 33.1. The van der Waals surface area contributed by atoms with Crippen LogP contribution in [0.2, 0.25) is 0 Å². The van der Waals surface area contributed by atoms with E-state index in [9.17, 15) is 4.79 Å². The van der Waals surface area contributed by atoms with E-state index in [1.54, 1.807) is 0 Å². The monoisotopic (exact) mass is 195 g/mol. The Morgan fingerprint density at radius 2 is 1.71 bits per heavy atom. The van der Waals surface area contributed by atoms with Gasteiger partial charge in [-0.3, -0.25) is 9.69 Å². The Labute approximate surface area is 84.1 Å². The van der Waals surface area contributed by atoms with Gasteiger partial charge in [-0.05, 0) is 43.9 Å². The van der Waals surface area contributed by atoms with Crippen molar-refractivity contribution in [2.45, 2.75) is 44.2 Å². The number of hydrogen-bond donors (Lipinski definition) is 1. The zero-order valence-corrected chi connectivity index (χ0v) is 8.35. The number of aliphatic carboxylic acids is 1. The summed E-state index contributed by atoms with van der Waals surface area (Å²) in [4.78, 5) is 13.2. The summed E-state index contributed by atoms with van der Waals surface area (Å²) in [6.07, 6.45) is 6.22. The van der Waals surface area contributed by atoms with Crippen molar-refractivity contribution in [1.29, 1.82) is 0 Å². The molecule has 1 N–H and O–H groups in total. The van der Waals surface area contributed by atoms with Crippen LogP contribution in [-0.2, 0) is 4.79 Å². The quantitative estimate of drug-likeness (QED) is 0.735. The van der Waals surface area contributed by atoms with E-state index in [1.807, 2.05) is 0 Å². The average Bonchev–Trinajstić information content (AvgIpc) is 2.91. The number of hydrogen-bond acceptors (Lipinski definition) is 2. The van der Waals surface area contributed by atoms with E-state index in [4.69, 9.17) is 5.11 Å². The first-order valence-electron chi connectivity index (χ1n) is 5.76. The molecular formula is C11H17NO2. The van der Waals surface area contributed by atoms with Crippen LogP contribution in [0.15, 0.2) is 0 Å². The van der Waals surface area contributed by atoms with Crippen molar-refractivity contribution in [3.63, 3.8) is 0 Å². The van der Waals surface area contributed by atoms with E-state index in [2.05, 4.69) is 4.90 Å². The van der Waals surface area contributed by atoms with E-state index in [0.29, 0.717) is 6.04 Å². The molecule has 14 heavy (non-hydrogen) atoms. The van der Waals surface area contributed by atoms with E-state index in [1.165, 1.54) is 25.7 Å². The second kappa shape index (κ2) is 2.96. The summed E-state index contributed by atoms with van der Waals surface area (Å²) in [5.41, 5.74) is 0. The zero-order valence-electron chi connectivity index (χ0n) is 8.35. The summed E-state index contributed by atoms with van der Waals surface area (Å²) < 4.78 is 0. The minimum absolute atomic E-state index is 0.152. The molecule has 3 nitrogen and oxygen atoms in total. The van der Waals surface area contributed by atoms with Gasteiger partial charge in [0.2, 0.25) is 0 Å². The van der Waals surface area contributed by atoms with Crippen molar-refractivity contribution >= 4 is 5.97 Å². The molecule has 3 aliphatic rings. The maximum Gasteiger partial charge on any atom is 0.320 e. The van der Waals surface area contributed by atoms with E-state index in [-0.39, 0.29) is 6.04 Å². The molecule has 1 atom stereocenters. The fourth-order valence-corrected chi connectivity index (χ4v) is 2.83. The van der Waals surface area contributed by atoms with Crippen LogP contribution >= 0.6 is 0 Å². The van der Waals surface area contributed by atoms with Crippen molar-refractivity contribution in [3.05, 3.63) is 0 Å². The van der Waals surface area contributed by atoms with Gasteiger partial charge >= 0.3 is 5.97 Å². The third-order valence-electron chi connectivity index (χ3n) is 3.94. The van der Waals surface area contributed by atoms with Crippen LogP contribution in [0.1, 0.15) is 32.1 Å². The van der Waals surface area contributed by atoms with Crippen molar-refractivity contribution in [3.8, 4) is 0 Å². The van der Waals surface area contributed by atoms with Gasteiger partial charge in [-0.25, -0.2) is 0 Å². The molecule has 3 rings (SSSR count). The van der Waals surface area contributed by atoms with Gasteiger partial charge in [0.05, 0.1) is 0 Å². The number of likely N-dealkylation sites (tertiary alicyclic amines) is 1. The van der Waals surface area contributed by atoms with Gasteiger partial charge in [0, 0.05) is 12.6 Å². The van der Waals surface area contributed by atoms with Crippen LogP contribution in [0.5, 0.6) is 0 Å². The molecule has 1 unspecified atom stereocenters. The van der Waals surface area contributed by atoms with Crippen molar-refractivity contribution < 1.29 is 9.90 Å². The highest BCUT2D eigenvalue weighted by molar-refractivity contribution is 5.74. The Bertz CT molecular complexity index is 246. The second-order valence-electron chi connectivity index (χ2n) is 5.05. The molecule has 1 heterocycles. The summed E-state index contributed by atoms with van der Waals surface area (Å²) in [6, 6.07) is 0.478. The van der Waals surface area contributed by atoms with Gasteiger partial charge in [-0.15, -0.1) is 0 Å². The Morgan fingerprint density at radius 3 is 2.00 bits per heavy atom. The fourth-order valence-electron chi connectivity index (χ4n) is 2.83. The van der Waals surface area contributed by atoms with Gasteiger partial charge in [0.1, 0.15) is 6.04 Å². The van der Waals surface area contributed by atoms with Gasteiger partial charge < -0.3 is 5.11 Å². The molecule has 0 aromatic rings. The molecule has 1 aliphatic heterocycles. The van der Waals surface area contributed by atoms with Crippen LogP contribution in [0.4, 0.5) is 0 Å². The molecule has 2 aliphatic carbocycles. The first-order chi connectivity index (χ1) is 6.77. The minimum Gasteiger partial charge on any atom is -0.480 e. The lowest BCUT2D eigenvalue weighted by Gasteiger charge is -2.44. The lowest BCUT2D eigenvalue weighted by Crippen LogP contribution is -2.58. The van der Waals surface area contributed by atoms with Crippen LogP contribution in [0.3, 0.4) is 0 Å². The summed E-state index contributed by atoms with van der Waals surface area (Å²) in [5, 5.41) is 9.02. The average molecular weight is 195 g/mol. The minimum atomic E-state index is -0.609.